The number of hydrogen-bond donors (Lipinski definition) is 2. The summed E-state index contributed by atoms with van der Waals surface area (Å²) < 4.78 is 0. The van der Waals surface area contributed by atoms with Gasteiger partial charge in [-0.2, -0.15) is 5.10 Å². The number of aryl methyl sites for hydroxylation is 1. The molecule has 1 aromatic heterocycles. The normalized spacial score (nSPS) is 24.2. The third kappa shape index (κ3) is 4.36. The molecule has 2 fully saturated rings. The predicted octanol–water partition coefficient (Wildman–Crippen LogP) is 1.65. The lowest BCUT2D eigenvalue weighted by molar-refractivity contribution is 0.0763. The summed E-state index contributed by atoms with van der Waals surface area (Å²) >= 11 is 0. The van der Waals surface area contributed by atoms with Crippen molar-refractivity contribution in [1.29, 1.82) is 0 Å². The van der Waals surface area contributed by atoms with Crippen molar-refractivity contribution in [2.24, 2.45) is 0 Å². The Morgan fingerprint density at radius 2 is 2.12 bits per heavy atom. The number of carbonyl (C=O) groups is 1. The second-order valence-electron chi connectivity index (χ2n) is 7.37. The molecule has 0 aromatic carbocycles. The molecule has 2 aliphatic rings. The van der Waals surface area contributed by atoms with Crippen LogP contribution in [0.15, 0.2) is 6.07 Å². The Bertz CT molecular complexity index is 535. The number of nitrogens with zero attached hydrogens (tertiary/aromatic N) is 3. The lowest BCUT2D eigenvalue weighted by Gasteiger charge is -2.41. The summed E-state index contributed by atoms with van der Waals surface area (Å²) in [6, 6.07) is 2.82. The summed E-state index contributed by atoms with van der Waals surface area (Å²) in [6.45, 7) is 6.65. The number of rotatable bonds is 5. The van der Waals surface area contributed by atoms with Gasteiger partial charge in [-0.3, -0.25) is 14.8 Å². The van der Waals surface area contributed by atoms with E-state index in [2.05, 4.69) is 39.3 Å². The Morgan fingerprint density at radius 1 is 1.33 bits per heavy atom. The van der Waals surface area contributed by atoms with Crippen molar-refractivity contribution in [3.63, 3.8) is 0 Å². The van der Waals surface area contributed by atoms with Crippen molar-refractivity contribution in [2.45, 2.75) is 57.5 Å². The van der Waals surface area contributed by atoms with Crippen LogP contribution in [0.5, 0.6) is 0 Å². The third-order valence-corrected chi connectivity index (χ3v) is 5.38. The average Bonchev–Trinajstić information content (AvgIpc) is 3.05. The van der Waals surface area contributed by atoms with E-state index in [0.717, 1.165) is 31.5 Å². The van der Waals surface area contributed by atoms with Gasteiger partial charge in [0.05, 0.1) is 0 Å². The summed E-state index contributed by atoms with van der Waals surface area (Å²) in [5, 5.41) is 10.3. The lowest BCUT2D eigenvalue weighted by atomic mass is 9.98. The first kappa shape index (κ1) is 17.4. The van der Waals surface area contributed by atoms with Crippen molar-refractivity contribution in [1.82, 2.24) is 25.3 Å². The summed E-state index contributed by atoms with van der Waals surface area (Å²) in [5.41, 5.74) is 1.56. The minimum absolute atomic E-state index is 0.0381. The van der Waals surface area contributed by atoms with E-state index in [0.29, 0.717) is 11.7 Å². The molecule has 3 rings (SSSR count). The first-order chi connectivity index (χ1) is 11.7. The maximum atomic E-state index is 12.4. The Balaban J connectivity index is 1.51. The van der Waals surface area contributed by atoms with Crippen LogP contribution in [0.1, 0.15) is 55.2 Å². The van der Waals surface area contributed by atoms with Crippen molar-refractivity contribution < 1.29 is 4.79 Å². The molecule has 3 heterocycles. The van der Waals surface area contributed by atoms with Crippen LogP contribution in [-0.2, 0) is 6.42 Å². The highest BCUT2D eigenvalue weighted by Gasteiger charge is 2.29. The summed E-state index contributed by atoms with van der Waals surface area (Å²) in [4.78, 5) is 17.4. The number of likely N-dealkylation sites (tertiary alicyclic amines) is 2. The Kier molecular flexibility index (Phi) is 5.89. The molecule has 1 unspecified atom stereocenters. The van der Waals surface area contributed by atoms with Gasteiger partial charge in [-0.15, -0.1) is 0 Å². The molecule has 0 bridgehead atoms. The van der Waals surface area contributed by atoms with Crippen LogP contribution in [0.2, 0.25) is 0 Å². The quantitative estimate of drug-likeness (QED) is 0.860. The van der Waals surface area contributed by atoms with Gasteiger partial charge < -0.3 is 10.2 Å². The van der Waals surface area contributed by atoms with E-state index in [1.165, 1.54) is 38.9 Å². The first-order valence-corrected chi connectivity index (χ1v) is 9.43. The van der Waals surface area contributed by atoms with E-state index in [-0.39, 0.29) is 11.9 Å². The molecule has 2 aliphatic heterocycles. The minimum atomic E-state index is -0.0381. The Hall–Kier alpha value is -1.40. The fourth-order valence-electron chi connectivity index (χ4n) is 3.95. The topological polar surface area (TPSA) is 64.3 Å². The number of carbonyl (C=O) groups excluding carboxylic acids is 1. The second-order valence-corrected chi connectivity index (χ2v) is 7.37. The molecule has 1 atom stereocenters. The van der Waals surface area contributed by atoms with Crippen LogP contribution >= 0.6 is 0 Å². The fraction of sp³-hybridized carbons (Fsp3) is 0.778. The highest BCUT2D eigenvalue weighted by Crippen LogP contribution is 2.20. The maximum absolute atomic E-state index is 12.4. The number of nitrogens with one attached hydrogen (secondary N) is 2. The largest absolute Gasteiger partial charge is 0.347 e. The molecule has 0 aliphatic carbocycles. The van der Waals surface area contributed by atoms with Crippen LogP contribution < -0.4 is 5.32 Å². The Morgan fingerprint density at radius 3 is 2.88 bits per heavy atom. The van der Waals surface area contributed by atoms with E-state index in [4.69, 9.17) is 0 Å². The molecule has 134 valence electrons. The van der Waals surface area contributed by atoms with Gasteiger partial charge in [0.1, 0.15) is 5.69 Å². The Labute approximate surface area is 145 Å². The maximum Gasteiger partial charge on any atom is 0.272 e. The van der Waals surface area contributed by atoms with Crippen molar-refractivity contribution in [3.05, 3.63) is 17.5 Å². The summed E-state index contributed by atoms with van der Waals surface area (Å²) in [7, 11) is 2.20. The average molecular weight is 333 g/mol. The fourth-order valence-corrected chi connectivity index (χ4v) is 3.95. The standard InChI is InChI=1S/C18H31N5O/c1-3-5-14-12-17(21-20-14)18(24)19-15-6-4-9-23(13-15)16-7-10-22(2)11-8-16/h12,15-16H,3-11,13H2,1-2H3,(H,19,24)(H,20,21). The number of amides is 1. The molecule has 6 nitrogen and oxygen atoms in total. The van der Waals surface area contributed by atoms with Gasteiger partial charge in [-0.25, -0.2) is 0 Å². The van der Waals surface area contributed by atoms with Gasteiger partial charge in [0.15, 0.2) is 0 Å². The van der Waals surface area contributed by atoms with Gasteiger partial charge >= 0.3 is 0 Å². The molecular formula is C18H31N5O. The molecule has 6 heteroatoms. The van der Waals surface area contributed by atoms with E-state index in [9.17, 15) is 4.79 Å². The zero-order chi connectivity index (χ0) is 16.9. The molecule has 24 heavy (non-hydrogen) atoms. The van der Waals surface area contributed by atoms with E-state index < -0.39 is 0 Å². The number of piperidine rings is 2. The molecule has 0 saturated carbocycles. The molecule has 1 amide bonds. The van der Waals surface area contributed by atoms with Crippen molar-refractivity contribution in [3.8, 4) is 0 Å². The van der Waals surface area contributed by atoms with Gasteiger partial charge in [0, 0.05) is 24.3 Å². The van der Waals surface area contributed by atoms with E-state index in [1.54, 1.807) is 0 Å². The summed E-state index contributed by atoms with van der Waals surface area (Å²) in [6.07, 6.45) is 6.72. The molecule has 0 radical (unpaired) electrons. The molecule has 1 aromatic rings. The van der Waals surface area contributed by atoms with Crippen molar-refractivity contribution >= 4 is 5.91 Å². The molecule has 2 N–H and O–H groups in total. The van der Waals surface area contributed by atoms with Gasteiger partial charge in [0.2, 0.25) is 0 Å². The van der Waals surface area contributed by atoms with Crippen LogP contribution in [0.4, 0.5) is 0 Å². The highest BCUT2D eigenvalue weighted by molar-refractivity contribution is 5.92. The zero-order valence-electron chi connectivity index (χ0n) is 15.1. The molecular weight excluding hydrogens is 302 g/mol. The van der Waals surface area contributed by atoms with Crippen LogP contribution in [0.3, 0.4) is 0 Å². The van der Waals surface area contributed by atoms with E-state index in [1.807, 2.05) is 6.07 Å². The van der Waals surface area contributed by atoms with Crippen molar-refractivity contribution in [2.75, 3.05) is 33.2 Å². The van der Waals surface area contributed by atoms with Crippen LogP contribution in [-0.4, -0.2) is 71.2 Å². The smallest absolute Gasteiger partial charge is 0.272 e. The van der Waals surface area contributed by atoms with Gasteiger partial charge in [-0.1, -0.05) is 13.3 Å². The zero-order valence-corrected chi connectivity index (χ0v) is 15.1. The third-order valence-electron chi connectivity index (χ3n) is 5.38. The van der Waals surface area contributed by atoms with Crippen LogP contribution in [0, 0.1) is 0 Å². The predicted molar refractivity (Wildman–Crippen MR) is 95.2 cm³/mol. The van der Waals surface area contributed by atoms with Crippen LogP contribution in [0.25, 0.3) is 0 Å². The number of aromatic nitrogens is 2. The lowest BCUT2D eigenvalue weighted by Crippen LogP contribution is -2.53. The SMILES string of the molecule is CCCc1cc(C(=O)NC2CCCN(C3CCN(C)CC3)C2)n[nH]1. The van der Waals surface area contributed by atoms with Gasteiger partial charge in [-0.05, 0) is 64.9 Å². The van der Waals surface area contributed by atoms with E-state index >= 15 is 0 Å². The second kappa shape index (κ2) is 8.12. The number of hydrogen-bond acceptors (Lipinski definition) is 4. The molecule has 0 spiro atoms. The number of H-pyrrole nitrogens is 1. The summed E-state index contributed by atoms with van der Waals surface area (Å²) in [5.74, 6) is -0.0381. The number of aromatic amines is 1. The molecule has 2 saturated heterocycles. The van der Waals surface area contributed by atoms with Gasteiger partial charge in [0.25, 0.3) is 5.91 Å². The highest BCUT2D eigenvalue weighted by atomic mass is 16.2. The monoisotopic (exact) mass is 333 g/mol. The minimum Gasteiger partial charge on any atom is -0.347 e. The first-order valence-electron chi connectivity index (χ1n) is 9.43.